The van der Waals surface area contributed by atoms with E-state index < -0.39 is 12.2 Å². The van der Waals surface area contributed by atoms with Crippen molar-refractivity contribution in [2.24, 2.45) is 0 Å². The van der Waals surface area contributed by atoms with Gasteiger partial charge in [0.1, 0.15) is 0 Å². The molecule has 9 nitrogen and oxygen atoms in total. The summed E-state index contributed by atoms with van der Waals surface area (Å²) in [7, 11) is 1.54. The molecule has 2 fully saturated rings. The minimum atomic E-state index is -0.408. The molecular weight excluding hydrogens is 472 g/mol. The van der Waals surface area contributed by atoms with Crippen LogP contribution < -0.4 is 16.0 Å². The topological polar surface area (TPSA) is 93.1 Å². The van der Waals surface area contributed by atoms with Gasteiger partial charge in [0, 0.05) is 49.8 Å². The standard InChI is InChI=1S/C28H32N4O5/c1-4-8-22-20(5-2)25-21-16-31(28(35)30(3)27(21)34)17-23(25)32(22)15-18-10-12-19(13-11-18)26(33)29-37-24-9-6-7-14-36-24/h4-5,8,10-13,21,24H,1,6-7,9,14-17H2,2-3H3,(H,29,33)/b20-5+,22-8+. The van der Waals surface area contributed by atoms with Crippen LogP contribution in [0.25, 0.3) is 12.2 Å². The van der Waals surface area contributed by atoms with E-state index in [9.17, 15) is 14.4 Å². The Hall–Kier alpha value is -3.69. The summed E-state index contributed by atoms with van der Waals surface area (Å²) in [5, 5.41) is 1.94. The fourth-order valence-electron chi connectivity index (χ4n) is 5.44. The molecule has 2 saturated heterocycles. The third-order valence-corrected chi connectivity index (χ3v) is 7.31. The van der Waals surface area contributed by atoms with E-state index in [1.54, 1.807) is 30.2 Å². The lowest BCUT2D eigenvalue weighted by Crippen LogP contribution is -2.56. The number of carbonyl (C=O) groups excluding carboxylic acids is 3. The van der Waals surface area contributed by atoms with E-state index in [-0.39, 0.29) is 17.8 Å². The predicted octanol–water partition coefficient (Wildman–Crippen LogP) is 1.98. The average molecular weight is 505 g/mol. The molecule has 2 atom stereocenters. The van der Waals surface area contributed by atoms with Gasteiger partial charge in [0.15, 0.2) is 6.29 Å². The molecule has 2 aromatic rings. The van der Waals surface area contributed by atoms with Gasteiger partial charge in [-0.25, -0.2) is 15.1 Å². The minimum Gasteiger partial charge on any atom is -0.350 e. The molecule has 1 N–H and O–H groups in total. The van der Waals surface area contributed by atoms with Crippen molar-refractivity contribution in [1.29, 1.82) is 0 Å². The second-order valence-corrected chi connectivity index (χ2v) is 9.59. The van der Waals surface area contributed by atoms with Crippen molar-refractivity contribution < 1.29 is 24.0 Å². The number of aromatic nitrogens is 1. The number of hydrogen-bond acceptors (Lipinski definition) is 5. The maximum Gasteiger partial charge on any atom is 0.326 e. The van der Waals surface area contributed by atoms with E-state index in [0.717, 1.165) is 46.7 Å². The number of likely N-dealkylation sites (N-methyl/N-ethyl adjacent to an activating group) is 1. The summed E-state index contributed by atoms with van der Waals surface area (Å²) in [5.41, 5.74) is 5.88. The van der Waals surface area contributed by atoms with Crippen molar-refractivity contribution in [3.63, 3.8) is 0 Å². The number of nitrogens with one attached hydrogen (secondary N) is 1. The summed E-state index contributed by atoms with van der Waals surface area (Å²) < 4.78 is 7.63. The highest BCUT2D eigenvalue weighted by Gasteiger charge is 2.44. The fourth-order valence-corrected chi connectivity index (χ4v) is 5.44. The van der Waals surface area contributed by atoms with Gasteiger partial charge in [-0.15, -0.1) is 0 Å². The molecule has 0 saturated carbocycles. The van der Waals surface area contributed by atoms with Gasteiger partial charge < -0.3 is 14.2 Å². The highest BCUT2D eigenvalue weighted by atomic mass is 16.8. The smallest absolute Gasteiger partial charge is 0.326 e. The molecule has 2 unspecified atom stereocenters. The summed E-state index contributed by atoms with van der Waals surface area (Å²) >= 11 is 0. The molecule has 5 rings (SSSR count). The van der Waals surface area contributed by atoms with Gasteiger partial charge in [0.2, 0.25) is 5.91 Å². The minimum absolute atomic E-state index is 0.177. The number of urea groups is 1. The molecule has 3 aliphatic rings. The number of benzene rings is 1. The van der Waals surface area contributed by atoms with Crippen molar-refractivity contribution >= 4 is 30.0 Å². The first kappa shape index (κ1) is 25.0. The first-order valence-corrected chi connectivity index (χ1v) is 12.7. The van der Waals surface area contributed by atoms with E-state index in [0.29, 0.717) is 31.8 Å². The predicted molar refractivity (Wildman–Crippen MR) is 137 cm³/mol. The third-order valence-electron chi connectivity index (χ3n) is 7.31. The Labute approximate surface area is 215 Å². The molecule has 4 amide bonds. The molecule has 0 spiro atoms. The van der Waals surface area contributed by atoms with Gasteiger partial charge in [-0.2, -0.15) is 0 Å². The van der Waals surface area contributed by atoms with Crippen LogP contribution in [0.3, 0.4) is 0 Å². The Balaban J connectivity index is 1.42. The van der Waals surface area contributed by atoms with Gasteiger partial charge >= 0.3 is 6.03 Å². The molecule has 0 aliphatic carbocycles. The zero-order valence-electron chi connectivity index (χ0n) is 21.2. The lowest BCUT2D eigenvalue weighted by atomic mass is 9.90. The normalized spacial score (nSPS) is 22.3. The SMILES string of the molecule is C=C/C=c1\c(=C/C)c2c(n1Cc1ccc(C(=O)NOC3CCCCO3)cc1)CN1CC2C(=O)N(C)C1=O. The maximum absolute atomic E-state index is 13.0. The molecule has 1 aromatic heterocycles. The number of carbonyl (C=O) groups is 3. The van der Waals surface area contributed by atoms with Crippen molar-refractivity contribution in [2.75, 3.05) is 20.2 Å². The van der Waals surface area contributed by atoms with Crippen LogP contribution in [0.5, 0.6) is 0 Å². The van der Waals surface area contributed by atoms with Gasteiger partial charge in [-0.3, -0.25) is 14.5 Å². The van der Waals surface area contributed by atoms with E-state index in [4.69, 9.17) is 9.57 Å². The Morgan fingerprint density at radius 2 is 2.03 bits per heavy atom. The Morgan fingerprint density at radius 3 is 2.70 bits per heavy atom. The molecule has 37 heavy (non-hydrogen) atoms. The lowest BCUT2D eigenvalue weighted by molar-refractivity contribution is -0.186. The number of imide groups is 1. The summed E-state index contributed by atoms with van der Waals surface area (Å²) in [5.74, 6) is -0.900. The Morgan fingerprint density at radius 1 is 1.24 bits per heavy atom. The van der Waals surface area contributed by atoms with E-state index in [2.05, 4.69) is 16.6 Å². The molecule has 2 bridgehead atoms. The number of allylic oxidation sites excluding steroid dienone is 1. The van der Waals surface area contributed by atoms with Crippen LogP contribution in [-0.2, 0) is 27.5 Å². The zero-order valence-corrected chi connectivity index (χ0v) is 21.2. The van der Waals surface area contributed by atoms with Gasteiger partial charge in [0.05, 0.1) is 12.5 Å². The van der Waals surface area contributed by atoms with E-state index >= 15 is 0 Å². The van der Waals surface area contributed by atoms with Crippen LogP contribution in [-0.4, -0.2) is 58.7 Å². The monoisotopic (exact) mass is 504 g/mol. The summed E-state index contributed by atoms with van der Waals surface area (Å²) in [6, 6.07) is 7.05. The van der Waals surface area contributed by atoms with Crippen LogP contribution in [0.2, 0.25) is 0 Å². The first-order valence-electron chi connectivity index (χ1n) is 12.7. The van der Waals surface area contributed by atoms with Crippen LogP contribution in [0.4, 0.5) is 4.79 Å². The van der Waals surface area contributed by atoms with Crippen molar-refractivity contribution in [3.05, 3.63) is 69.9 Å². The average Bonchev–Trinajstić information content (AvgIpc) is 3.22. The summed E-state index contributed by atoms with van der Waals surface area (Å²) in [4.78, 5) is 46.6. The highest BCUT2D eigenvalue weighted by Crippen LogP contribution is 2.32. The molecule has 194 valence electrons. The Kier molecular flexibility index (Phi) is 6.99. The largest absolute Gasteiger partial charge is 0.350 e. The van der Waals surface area contributed by atoms with Crippen LogP contribution in [0.15, 0.2) is 36.9 Å². The summed E-state index contributed by atoms with van der Waals surface area (Å²) in [6.07, 6.45) is 8.07. The van der Waals surface area contributed by atoms with Crippen LogP contribution in [0.1, 0.15) is 59.3 Å². The molecule has 4 heterocycles. The van der Waals surface area contributed by atoms with Crippen molar-refractivity contribution in [3.8, 4) is 0 Å². The zero-order chi connectivity index (χ0) is 26.1. The van der Waals surface area contributed by atoms with E-state index in [1.165, 1.54) is 4.90 Å². The second kappa shape index (κ2) is 10.4. The number of rotatable bonds is 6. The van der Waals surface area contributed by atoms with E-state index in [1.807, 2.05) is 31.2 Å². The van der Waals surface area contributed by atoms with Crippen molar-refractivity contribution in [1.82, 2.24) is 19.8 Å². The number of fused-ring (bicyclic) bond motifs is 4. The number of nitrogens with zero attached hydrogens (tertiary/aromatic N) is 3. The second-order valence-electron chi connectivity index (χ2n) is 9.59. The molecule has 9 heteroatoms. The Bertz CT molecular complexity index is 1350. The lowest BCUT2D eigenvalue weighted by Gasteiger charge is -2.41. The third kappa shape index (κ3) is 4.60. The van der Waals surface area contributed by atoms with Gasteiger partial charge in [-0.1, -0.05) is 30.9 Å². The van der Waals surface area contributed by atoms with Crippen LogP contribution in [0, 0.1) is 0 Å². The fraction of sp³-hybridized carbons (Fsp3) is 0.393. The maximum atomic E-state index is 13.0. The number of hydrogen-bond donors (Lipinski definition) is 1. The van der Waals surface area contributed by atoms with Gasteiger partial charge in [-0.05, 0) is 54.3 Å². The number of hydroxylamine groups is 1. The molecule has 0 radical (unpaired) electrons. The first-order chi connectivity index (χ1) is 17.9. The van der Waals surface area contributed by atoms with Gasteiger partial charge in [0.25, 0.3) is 5.91 Å². The van der Waals surface area contributed by atoms with Crippen LogP contribution >= 0.6 is 0 Å². The highest BCUT2D eigenvalue weighted by molar-refractivity contribution is 6.01. The van der Waals surface area contributed by atoms with Crippen molar-refractivity contribution in [2.45, 2.75) is 51.5 Å². The molecule has 1 aromatic carbocycles. The molecule has 3 aliphatic heterocycles. The summed E-state index contributed by atoms with van der Waals surface area (Å²) in [6.45, 7) is 7.82. The quantitative estimate of drug-likeness (QED) is 0.608. The number of amides is 4. The number of ether oxygens (including phenoxy) is 1. The molecular formula is C28H32N4O5.